The zero-order chi connectivity index (χ0) is 18.7. The average Bonchev–Trinajstić information content (AvgIpc) is 3.00. The van der Waals surface area contributed by atoms with Crippen molar-refractivity contribution in [3.63, 3.8) is 0 Å². The second kappa shape index (κ2) is 7.47. The summed E-state index contributed by atoms with van der Waals surface area (Å²) in [6.45, 7) is -1.61. The number of hydrogen-bond acceptors (Lipinski definition) is 3. The fraction of sp³-hybridized carbons (Fsp3) is 0.222. The van der Waals surface area contributed by atoms with Crippen molar-refractivity contribution in [1.29, 1.82) is 0 Å². The van der Waals surface area contributed by atoms with Gasteiger partial charge in [0.15, 0.2) is 6.61 Å². The van der Waals surface area contributed by atoms with Gasteiger partial charge in [-0.25, -0.2) is 9.37 Å². The summed E-state index contributed by atoms with van der Waals surface area (Å²) in [6, 6.07) is 11.1. The Kier molecular flexibility index (Phi) is 5.11. The van der Waals surface area contributed by atoms with Crippen LogP contribution in [0.1, 0.15) is 25.3 Å². The van der Waals surface area contributed by atoms with Crippen molar-refractivity contribution >= 4 is 16.9 Å². The summed E-state index contributed by atoms with van der Waals surface area (Å²) >= 11 is 0. The summed E-state index contributed by atoms with van der Waals surface area (Å²) in [4.78, 5) is 16.2. The number of carbonyl (C=O) groups is 1. The van der Waals surface area contributed by atoms with Crippen molar-refractivity contribution in [1.82, 2.24) is 14.9 Å². The minimum Gasteiger partial charge on any atom is -0.484 e. The first-order chi connectivity index (χ1) is 12.5. The van der Waals surface area contributed by atoms with Gasteiger partial charge >= 0.3 is 6.55 Å². The van der Waals surface area contributed by atoms with E-state index in [9.17, 15) is 18.0 Å². The summed E-state index contributed by atoms with van der Waals surface area (Å²) in [5, 5.41) is 2.56. The molecule has 1 atom stereocenters. The maximum Gasteiger partial charge on any atom is 0.320 e. The van der Waals surface area contributed by atoms with Gasteiger partial charge in [-0.3, -0.25) is 9.36 Å². The van der Waals surface area contributed by atoms with E-state index in [1.807, 2.05) is 0 Å². The molecule has 1 N–H and O–H groups in total. The van der Waals surface area contributed by atoms with Gasteiger partial charge in [0.1, 0.15) is 17.4 Å². The zero-order valence-corrected chi connectivity index (χ0v) is 13.8. The molecule has 0 radical (unpaired) electrons. The van der Waals surface area contributed by atoms with Crippen LogP contribution in [0.25, 0.3) is 11.0 Å². The highest BCUT2D eigenvalue weighted by Crippen LogP contribution is 2.26. The predicted molar refractivity (Wildman–Crippen MR) is 89.4 cm³/mol. The van der Waals surface area contributed by atoms with Crippen LogP contribution in [0.15, 0.2) is 48.5 Å². The molecule has 1 aromatic heterocycles. The summed E-state index contributed by atoms with van der Waals surface area (Å²) in [6.07, 6.45) is 0. The quantitative estimate of drug-likeness (QED) is 0.724. The van der Waals surface area contributed by atoms with E-state index in [1.165, 1.54) is 18.2 Å². The Labute approximate surface area is 147 Å². The van der Waals surface area contributed by atoms with Gasteiger partial charge in [-0.2, -0.15) is 8.78 Å². The van der Waals surface area contributed by atoms with Gasteiger partial charge in [-0.15, -0.1) is 0 Å². The van der Waals surface area contributed by atoms with E-state index in [4.69, 9.17) is 4.74 Å². The number of nitrogens with one attached hydrogen (secondary N) is 1. The van der Waals surface area contributed by atoms with Gasteiger partial charge in [0.2, 0.25) is 0 Å². The van der Waals surface area contributed by atoms with Crippen molar-refractivity contribution < 1.29 is 22.7 Å². The average molecular weight is 363 g/mol. The molecule has 8 heteroatoms. The van der Waals surface area contributed by atoms with Crippen molar-refractivity contribution in [2.75, 3.05) is 6.61 Å². The van der Waals surface area contributed by atoms with E-state index in [0.717, 1.165) is 10.6 Å². The minimum atomic E-state index is -2.79. The Morgan fingerprint density at radius 1 is 1.23 bits per heavy atom. The number of amides is 1. The predicted octanol–water partition coefficient (Wildman–Crippen LogP) is 3.83. The van der Waals surface area contributed by atoms with E-state index in [2.05, 4.69) is 10.3 Å². The summed E-state index contributed by atoms with van der Waals surface area (Å²) < 4.78 is 46.0. The van der Waals surface area contributed by atoms with Gasteiger partial charge in [0.05, 0.1) is 17.1 Å². The second-order valence-corrected chi connectivity index (χ2v) is 5.64. The lowest BCUT2D eigenvalue weighted by molar-refractivity contribution is -0.123. The molecule has 0 aliphatic rings. The molecular formula is C18H16F3N3O2. The molecule has 3 rings (SSSR count). The third-order valence-electron chi connectivity index (χ3n) is 3.75. The number of imidazole rings is 1. The van der Waals surface area contributed by atoms with Crippen molar-refractivity contribution in [3.05, 3.63) is 60.2 Å². The number of para-hydroxylation sites is 2. The molecule has 0 spiro atoms. The Bertz CT molecular complexity index is 927. The first kappa shape index (κ1) is 17.8. The molecule has 0 saturated carbocycles. The fourth-order valence-corrected chi connectivity index (χ4v) is 2.63. The van der Waals surface area contributed by atoms with Gasteiger partial charge in [0.25, 0.3) is 5.91 Å². The fourth-order valence-electron chi connectivity index (χ4n) is 2.63. The van der Waals surface area contributed by atoms with Crippen LogP contribution < -0.4 is 10.1 Å². The van der Waals surface area contributed by atoms with Gasteiger partial charge in [0, 0.05) is 6.07 Å². The molecular weight excluding hydrogens is 347 g/mol. The van der Waals surface area contributed by atoms with Gasteiger partial charge < -0.3 is 10.1 Å². The van der Waals surface area contributed by atoms with E-state index in [0.29, 0.717) is 5.52 Å². The smallest absolute Gasteiger partial charge is 0.320 e. The monoisotopic (exact) mass is 363 g/mol. The Hall–Kier alpha value is -3.03. The highest BCUT2D eigenvalue weighted by Gasteiger charge is 2.22. The molecule has 3 aromatic rings. The van der Waals surface area contributed by atoms with Crippen LogP contribution in [-0.4, -0.2) is 22.1 Å². The van der Waals surface area contributed by atoms with Crippen molar-refractivity contribution in [2.45, 2.75) is 19.5 Å². The van der Waals surface area contributed by atoms with Crippen LogP contribution in [0, 0.1) is 5.82 Å². The van der Waals surface area contributed by atoms with Crippen LogP contribution in [0.5, 0.6) is 5.75 Å². The number of benzene rings is 2. The number of ether oxygens (including phenoxy) is 1. The number of alkyl halides is 2. The highest BCUT2D eigenvalue weighted by atomic mass is 19.3. The number of rotatable bonds is 6. The summed E-state index contributed by atoms with van der Waals surface area (Å²) in [5.41, 5.74) is 0.703. The topological polar surface area (TPSA) is 56.1 Å². The third kappa shape index (κ3) is 3.79. The summed E-state index contributed by atoms with van der Waals surface area (Å²) in [5.74, 6) is -0.774. The molecule has 0 saturated heterocycles. The number of nitrogens with zero attached hydrogens (tertiary/aromatic N) is 2. The molecule has 2 aromatic carbocycles. The molecule has 5 nitrogen and oxygen atoms in total. The Morgan fingerprint density at radius 2 is 2.00 bits per heavy atom. The number of aromatic nitrogens is 2. The molecule has 1 amide bonds. The first-order valence-corrected chi connectivity index (χ1v) is 7.88. The maximum absolute atomic E-state index is 13.4. The lowest BCUT2D eigenvalue weighted by atomic mass is 10.3. The largest absolute Gasteiger partial charge is 0.484 e. The third-order valence-corrected chi connectivity index (χ3v) is 3.75. The molecule has 0 fully saturated rings. The van der Waals surface area contributed by atoms with Crippen LogP contribution >= 0.6 is 0 Å². The molecule has 1 heterocycles. The molecule has 26 heavy (non-hydrogen) atoms. The molecule has 0 aliphatic carbocycles. The van der Waals surface area contributed by atoms with Gasteiger partial charge in [-0.1, -0.05) is 18.2 Å². The molecule has 0 bridgehead atoms. The lowest BCUT2D eigenvalue weighted by Gasteiger charge is -2.16. The minimum absolute atomic E-state index is 0.0419. The van der Waals surface area contributed by atoms with Crippen LogP contribution in [-0.2, 0) is 4.79 Å². The Morgan fingerprint density at radius 3 is 2.73 bits per heavy atom. The van der Waals surface area contributed by atoms with E-state index < -0.39 is 24.3 Å². The number of fused-ring (bicyclic) bond motifs is 1. The number of halogens is 3. The van der Waals surface area contributed by atoms with Crippen molar-refractivity contribution in [2.24, 2.45) is 0 Å². The van der Waals surface area contributed by atoms with Crippen LogP contribution in [0.3, 0.4) is 0 Å². The molecule has 136 valence electrons. The number of hydrogen-bond donors (Lipinski definition) is 1. The maximum atomic E-state index is 13.4. The second-order valence-electron chi connectivity index (χ2n) is 5.64. The normalized spacial score (nSPS) is 12.3. The SMILES string of the molecule is C[C@@H](NC(=O)COc1cccc(F)c1)c1nc2ccccc2n1C(F)F. The van der Waals surface area contributed by atoms with Gasteiger partial charge in [-0.05, 0) is 31.2 Å². The molecule has 0 unspecified atom stereocenters. The first-order valence-electron chi connectivity index (χ1n) is 7.88. The van der Waals surface area contributed by atoms with Crippen LogP contribution in [0.2, 0.25) is 0 Å². The standard InChI is InChI=1S/C18H16F3N3O2/c1-11(22-16(25)10-26-13-6-4-5-12(19)9-13)17-23-14-7-2-3-8-15(14)24(17)18(20)21/h2-9,11,18H,10H2,1H3,(H,22,25)/t11-/m1/s1. The lowest BCUT2D eigenvalue weighted by Crippen LogP contribution is -2.32. The van der Waals surface area contributed by atoms with E-state index in [-0.39, 0.29) is 23.7 Å². The van der Waals surface area contributed by atoms with Crippen molar-refractivity contribution in [3.8, 4) is 5.75 Å². The van der Waals surface area contributed by atoms with Crippen LogP contribution in [0.4, 0.5) is 13.2 Å². The highest BCUT2D eigenvalue weighted by molar-refractivity contribution is 5.79. The number of carbonyl (C=O) groups excluding carboxylic acids is 1. The van der Waals surface area contributed by atoms with E-state index >= 15 is 0 Å². The molecule has 0 aliphatic heterocycles. The zero-order valence-electron chi connectivity index (χ0n) is 13.8. The summed E-state index contributed by atoms with van der Waals surface area (Å²) in [7, 11) is 0. The Balaban J connectivity index is 1.71. The van der Waals surface area contributed by atoms with E-state index in [1.54, 1.807) is 31.2 Å².